The first-order chi connectivity index (χ1) is 18.1. The molecular formula is C30H40N2O6. The van der Waals surface area contributed by atoms with Crippen LogP contribution in [0.25, 0.3) is 0 Å². The molecule has 0 spiro atoms. The van der Waals surface area contributed by atoms with Crippen molar-refractivity contribution < 1.29 is 29.5 Å². The largest absolute Gasteiger partial charge is 0.507 e. The van der Waals surface area contributed by atoms with E-state index >= 15 is 0 Å². The average Bonchev–Trinajstić information content (AvgIpc) is 3.03. The van der Waals surface area contributed by atoms with Gasteiger partial charge in [0, 0.05) is 40.5 Å². The van der Waals surface area contributed by atoms with Crippen LogP contribution in [0.5, 0.6) is 28.7 Å². The number of likely N-dealkylation sites (N-methyl/N-ethyl adjacent to an activating group) is 1. The molecule has 0 bridgehead atoms. The van der Waals surface area contributed by atoms with E-state index in [2.05, 4.69) is 11.0 Å². The minimum Gasteiger partial charge on any atom is -0.507 e. The summed E-state index contributed by atoms with van der Waals surface area (Å²) in [5.74, 6) is 0.616. The monoisotopic (exact) mass is 524 g/mol. The number of ether oxygens (including phenoxy) is 3. The van der Waals surface area contributed by atoms with Crippen LogP contribution in [0.15, 0.2) is 0 Å². The molecule has 0 fully saturated rings. The molecule has 5 atom stereocenters. The van der Waals surface area contributed by atoms with Gasteiger partial charge in [0.1, 0.15) is 17.2 Å². The number of methoxy groups -OCH3 is 3. The number of fused-ring (bicyclic) bond motifs is 4. The number of hydrogen-bond donors (Lipinski definition) is 3. The fourth-order valence-corrected chi connectivity index (χ4v) is 7.29. The zero-order valence-electron chi connectivity index (χ0n) is 23.7. The van der Waals surface area contributed by atoms with Crippen molar-refractivity contribution in [1.82, 2.24) is 4.90 Å². The fourth-order valence-electron chi connectivity index (χ4n) is 7.29. The molecule has 0 saturated carbocycles. The fraction of sp³-hybridized carbons (Fsp3) is 0.567. The van der Waals surface area contributed by atoms with Crippen LogP contribution in [0, 0.1) is 43.9 Å². The van der Waals surface area contributed by atoms with Gasteiger partial charge in [-0.15, -0.1) is 0 Å². The number of nitriles is 1. The van der Waals surface area contributed by atoms with E-state index in [1.807, 2.05) is 34.9 Å². The molecule has 0 saturated heterocycles. The Morgan fingerprint density at radius 1 is 0.842 bits per heavy atom. The Balaban J connectivity index is 2.16. The van der Waals surface area contributed by atoms with Gasteiger partial charge in [-0.2, -0.15) is 5.26 Å². The second kappa shape index (κ2) is 10.5. The second-order valence-corrected chi connectivity index (χ2v) is 10.9. The third kappa shape index (κ3) is 3.95. The van der Waals surface area contributed by atoms with E-state index in [1.165, 1.54) is 7.11 Å². The Hall–Kier alpha value is -3.15. The maximum Gasteiger partial charge on any atom is 0.167 e. The molecule has 2 unspecified atom stereocenters. The van der Waals surface area contributed by atoms with E-state index in [4.69, 9.17) is 14.2 Å². The zero-order valence-corrected chi connectivity index (χ0v) is 23.7. The second-order valence-electron chi connectivity index (χ2n) is 10.9. The Morgan fingerprint density at radius 2 is 1.47 bits per heavy atom. The van der Waals surface area contributed by atoms with E-state index in [1.54, 1.807) is 14.2 Å². The van der Waals surface area contributed by atoms with Crippen molar-refractivity contribution in [2.75, 3.05) is 42.0 Å². The molecule has 2 aliphatic rings. The van der Waals surface area contributed by atoms with Crippen LogP contribution in [0.3, 0.4) is 0 Å². The lowest BCUT2D eigenvalue weighted by molar-refractivity contribution is 0.140. The highest BCUT2D eigenvalue weighted by atomic mass is 16.5. The molecule has 38 heavy (non-hydrogen) atoms. The summed E-state index contributed by atoms with van der Waals surface area (Å²) < 4.78 is 17.5. The van der Waals surface area contributed by atoms with Gasteiger partial charge in [0.05, 0.1) is 33.3 Å². The van der Waals surface area contributed by atoms with E-state index in [0.717, 1.165) is 27.8 Å². The van der Waals surface area contributed by atoms with Gasteiger partial charge >= 0.3 is 0 Å². The standard InChI is InChI=1S/C30H40N2O6/c1-14-15(2)29(37-7)25-17(9-10-33)23-18(11-19(25)26(14)34)24-20(12-22(32(4)5)21(23)13-31)28(36-6)16(3)30(38-8)27(24)35/h17-18,21-23,33-35H,9-12H2,1-8H3/t17-,18-,21+,22?,23?/m1/s1. The molecule has 206 valence electrons. The molecule has 0 heterocycles. The van der Waals surface area contributed by atoms with Crippen LogP contribution in [-0.2, 0) is 12.8 Å². The molecule has 0 aliphatic heterocycles. The van der Waals surface area contributed by atoms with Gasteiger partial charge in [-0.05, 0) is 83.0 Å². The molecule has 2 aromatic carbocycles. The third-order valence-corrected chi connectivity index (χ3v) is 9.07. The van der Waals surface area contributed by atoms with Crippen LogP contribution in [0.4, 0.5) is 0 Å². The Labute approximate surface area is 225 Å². The maximum atomic E-state index is 11.7. The Bertz CT molecular complexity index is 1280. The molecule has 0 amide bonds. The molecule has 4 rings (SSSR count). The van der Waals surface area contributed by atoms with E-state index < -0.39 is 5.92 Å². The molecule has 0 radical (unpaired) electrons. The number of rotatable bonds is 6. The molecule has 0 aromatic heterocycles. The number of aliphatic hydroxyl groups excluding tert-OH is 1. The highest BCUT2D eigenvalue weighted by molar-refractivity contribution is 5.67. The summed E-state index contributed by atoms with van der Waals surface area (Å²) in [5.41, 5.74) is 5.44. The van der Waals surface area contributed by atoms with Gasteiger partial charge in [0.15, 0.2) is 11.5 Å². The average molecular weight is 525 g/mol. The van der Waals surface area contributed by atoms with Crippen LogP contribution < -0.4 is 14.2 Å². The number of hydrogen-bond acceptors (Lipinski definition) is 8. The highest BCUT2D eigenvalue weighted by Crippen LogP contribution is 2.61. The number of aromatic hydroxyl groups is 2. The summed E-state index contributed by atoms with van der Waals surface area (Å²) in [6.45, 7) is 5.57. The smallest absolute Gasteiger partial charge is 0.167 e. The first-order valence-corrected chi connectivity index (χ1v) is 13.1. The predicted molar refractivity (Wildman–Crippen MR) is 145 cm³/mol. The van der Waals surface area contributed by atoms with Gasteiger partial charge in [0.2, 0.25) is 0 Å². The van der Waals surface area contributed by atoms with E-state index in [9.17, 15) is 20.6 Å². The van der Waals surface area contributed by atoms with Crippen molar-refractivity contribution in [3.8, 4) is 34.8 Å². The Morgan fingerprint density at radius 3 is 2.00 bits per heavy atom. The summed E-state index contributed by atoms with van der Waals surface area (Å²) in [4.78, 5) is 2.07. The first-order valence-electron chi connectivity index (χ1n) is 13.1. The van der Waals surface area contributed by atoms with Crippen molar-refractivity contribution in [2.45, 2.75) is 57.9 Å². The number of benzene rings is 2. The van der Waals surface area contributed by atoms with Gasteiger partial charge < -0.3 is 34.4 Å². The van der Waals surface area contributed by atoms with Crippen molar-refractivity contribution in [2.24, 2.45) is 11.8 Å². The summed E-state index contributed by atoms with van der Waals surface area (Å²) in [6, 6.07) is 2.45. The lowest BCUT2D eigenvalue weighted by Crippen LogP contribution is -2.43. The lowest BCUT2D eigenvalue weighted by Gasteiger charge is -2.44. The first kappa shape index (κ1) is 27.9. The summed E-state index contributed by atoms with van der Waals surface area (Å²) in [5, 5.41) is 44.1. The van der Waals surface area contributed by atoms with Crippen LogP contribution in [0.2, 0.25) is 0 Å². The van der Waals surface area contributed by atoms with Gasteiger partial charge in [-0.3, -0.25) is 0 Å². The van der Waals surface area contributed by atoms with E-state index in [-0.39, 0.29) is 41.9 Å². The van der Waals surface area contributed by atoms with Crippen LogP contribution in [-0.4, -0.2) is 68.3 Å². The lowest BCUT2D eigenvalue weighted by atomic mass is 9.60. The van der Waals surface area contributed by atoms with Crippen molar-refractivity contribution >= 4 is 0 Å². The maximum absolute atomic E-state index is 11.7. The van der Waals surface area contributed by atoms with Crippen molar-refractivity contribution in [1.29, 1.82) is 5.26 Å². The number of nitrogens with zero attached hydrogens (tertiary/aromatic N) is 2. The number of phenolic OH excluding ortho intramolecular Hbond substituents is 2. The molecule has 8 heteroatoms. The number of aliphatic hydroxyl groups is 1. The molecule has 2 aromatic rings. The predicted octanol–water partition coefficient (Wildman–Crippen LogP) is 4.10. The summed E-state index contributed by atoms with van der Waals surface area (Å²) >= 11 is 0. The summed E-state index contributed by atoms with van der Waals surface area (Å²) in [6.07, 6.45) is 1.29. The molecular weight excluding hydrogens is 484 g/mol. The molecule has 8 nitrogen and oxygen atoms in total. The van der Waals surface area contributed by atoms with Crippen LogP contribution in [0.1, 0.15) is 57.2 Å². The van der Waals surface area contributed by atoms with Gasteiger partial charge in [-0.1, -0.05) is 0 Å². The molecule has 2 aliphatic carbocycles. The van der Waals surface area contributed by atoms with Crippen LogP contribution >= 0.6 is 0 Å². The minimum absolute atomic E-state index is 0.0494. The summed E-state index contributed by atoms with van der Waals surface area (Å²) in [7, 11) is 8.70. The van der Waals surface area contributed by atoms with E-state index in [0.29, 0.717) is 47.6 Å². The highest BCUT2D eigenvalue weighted by Gasteiger charge is 2.51. The normalized spacial score (nSPS) is 24.1. The Kier molecular flexibility index (Phi) is 7.74. The van der Waals surface area contributed by atoms with Crippen molar-refractivity contribution in [3.63, 3.8) is 0 Å². The zero-order chi connectivity index (χ0) is 28.0. The number of phenols is 2. The van der Waals surface area contributed by atoms with Crippen molar-refractivity contribution in [3.05, 3.63) is 38.9 Å². The third-order valence-electron chi connectivity index (χ3n) is 9.07. The van der Waals surface area contributed by atoms with Gasteiger partial charge in [-0.25, -0.2) is 0 Å². The quantitative estimate of drug-likeness (QED) is 0.518. The minimum atomic E-state index is -0.434. The topological polar surface area (TPSA) is 115 Å². The SMILES string of the molecule is COc1c(C)c(OC)c2c(c1O)[C@@H]1Cc3c(O)c(C)c(C)c(OC)c3[C@H](CCO)C1[C@@H](C#N)C(N(C)C)C2. The van der Waals surface area contributed by atoms with Gasteiger partial charge in [0.25, 0.3) is 0 Å². The molecule has 3 N–H and O–H groups in total.